The summed E-state index contributed by atoms with van der Waals surface area (Å²) in [6.45, 7) is 1.93. The maximum atomic E-state index is 7.28. The average molecular weight is 250 g/mol. The molecule has 3 N–H and O–H groups in total. The van der Waals surface area contributed by atoms with E-state index in [1.165, 1.54) is 0 Å². The number of hydrogen-bond acceptors (Lipinski definition) is 5. The van der Waals surface area contributed by atoms with Gasteiger partial charge in [0.25, 0.3) is 0 Å². The molecule has 82 valence electrons. The zero-order valence-electron chi connectivity index (χ0n) is 8.60. The number of nitrogens with two attached hydrogens (primary N) is 1. The highest BCUT2D eigenvalue weighted by atomic mass is 32.2. The highest BCUT2D eigenvalue weighted by Crippen LogP contribution is 2.29. The molecule has 1 heterocycles. The third-order valence-electron chi connectivity index (χ3n) is 1.88. The van der Waals surface area contributed by atoms with Crippen molar-refractivity contribution in [1.29, 1.82) is 5.41 Å². The van der Waals surface area contributed by atoms with Gasteiger partial charge in [0.2, 0.25) is 0 Å². The molecule has 0 aliphatic rings. The number of benzene rings is 1. The van der Waals surface area contributed by atoms with Crippen molar-refractivity contribution in [3.8, 4) is 0 Å². The van der Waals surface area contributed by atoms with Gasteiger partial charge >= 0.3 is 0 Å². The monoisotopic (exact) mass is 250 g/mol. The van der Waals surface area contributed by atoms with Gasteiger partial charge in [0.15, 0.2) is 4.34 Å². The molecule has 2 rings (SSSR count). The molecule has 1 aromatic heterocycles. The molecular weight excluding hydrogens is 240 g/mol. The van der Waals surface area contributed by atoms with E-state index in [1.54, 1.807) is 23.1 Å². The van der Waals surface area contributed by atoms with Gasteiger partial charge in [-0.2, -0.15) is 0 Å². The van der Waals surface area contributed by atoms with Gasteiger partial charge in [0.1, 0.15) is 10.8 Å². The minimum Gasteiger partial charge on any atom is -0.384 e. The van der Waals surface area contributed by atoms with E-state index in [9.17, 15) is 0 Å². The molecule has 0 fully saturated rings. The van der Waals surface area contributed by atoms with Crippen LogP contribution in [0.4, 0.5) is 0 Å². The molecule has 4 nitrogen and oxygen atoms in total. The van der Waals surface area contributed by atoms with Gasteiger partial charge in [-0.1, -0.05) is 35.2 Å². The van der Waals surface area contributed by atoms with Crippen molar-refractivity contribution in [2.75, 3.05) is 0 Å². The molecule has 0 radical (unpaired) electrons. The molecule has 0 atom stereocenters. The van der Waals surface area contributed by atoms with Crippen LogP contribution < -0.4 is 5.73 Å². The second kappa shape index (κ2) is 4.63. The molecule has 0 saturated heterocycles. The van der Waals surface area contributed by atoms with Crippen molar-refractivity contribution in [3.05, 3.63) is 34.8 Å². The predicted molar refractivity (Wildman–Crippen MR) is 66.2 cm³/mol. The Balaban J connectivity index is 2.14. The lowest BCUT2D eigenvalue weighted by Gasteiger charge is -1.99. The number of nitrogens with one attached hydrogen (secondary N) is 1. The molecule has 1 aromatic carbocycles. The highest BCUT2D eigenvalue weighted by molar-refractivity contribution is 8.01. The van der Waals surface area contributed by atoms with Gasteiger partial charge in [-0.25, -0.2) is 0 Å². The first kappa shape index (κ1) is 11.1. The summed E-state index contributed by atoms with van der Waals surface area (Å²) < 4.78 is 0.924. The van der Waals surface area contributed by atoms with Gasteiger partial charge in [-0.3, -0.25) is 5.41 Å². The van der Waals surface area contributed by atoms with E-state index < -0.39 is 0 Å². The standard InChI is InChI=1S/C10H10N4S2/c1-6-13-14-10(15-6)16-8-4-2-7(3-5-8)9(11)12/h2-5H,1H3,(H3,11,12). The number of rotatable bonds is 3. The largest absolute Gasteiger partial charge is 0.384 e. The SMILES string of the molecule is Cc1nnc(Sc2ccc(C(=N)N)cc2)s1. The van der Waals surface area contributed by atoms with E-state index in [2.05, 4.69) is 10.2 Å². The zero-order valence-corrected chi connectivity index (χ0v) is 10.2. The fourth-order valence-corrected chi connectivity index (χ4v) is 2.91. The van der Waals surface area contributed by atoms with Crippen LogP contribution in [0.2, 0.25) is 0 Å². The second-order valence-electron chi connectivity index (χ2n) is 3.13. The van der Waals surface area contributed by atoms with Crippen molar-refractivity contribution < 1.29 is 0 Å². The molecule has 6 heteroatoms. The Morgan fingerprint density at radius 3 is 2.50 bits per heavy atom. The number of nitrogen functional groups attached to an aromatic ring is 1. The van der Waals surface area contributed by atoms with Gasteiger partial charge in [-0.15, -0.1) is 10.2 Å². The fraction of sp³-hybridized carbons (Fsp3) is 0.100. The van der Waals surface area contributed by atoms with Crippen molar-refractivity contribution in [3.63, 3.8) is 0 Å². The molecule has 0 amide bonds. The Bertz CT molecular complexity index is 504. The summed E-state index contributed by atoms with van der Waals surface area (Å²) in [4.78, 5) is 1.07. The Morgan fingerprint density at radius 2 is 2.00 bits per heavy atom. The van der Waals surface area contributed by atoms with Gasteiger partial charge in [0.05, 0.1) is 0 Å². The lowest BCUT2D eigenvalue weighted by Crippen LogP contribution is -2.10. The van der Waals surface area contributed by atoms with Crippen molar-refractivity contribution in [2.45, 2.75) is 16.2 Å². The Morgan fingerprint density at radius 1 is 1.31 bits per heavy atom. The number of aryl methyl sites for hydroxylation is 1. The number of hydrogen-bond donors (Lipinski definition) is 2. The van der Waals surface area contributed by atoms with Crippen LogP contribution in [-0.2, 0) is 0 Å². The van der Waals surface area contributed by atoms with E-state index in [0.717, 1.165) is 19.8 Å². The van der Waals surface area contributed by atoms with Crippen LogP contribution in [0.1, 0.15) is 10.6 Å². The number of aromatic nitrogens is 2. The molecule has 0 bridgehead atoms. The Hall–Kier alpha value is -1.40. The lowest BCUT2D eigenvalue weighted by atomic mass is 10.2. The first-order valence-electron chi connectivity index (χ1n) is 4.57. The van der Waals surface area contributed by atoms with Crippen molar-refractivity contribution >= 4 is 28.9 Å². The van der Waals surface area contributed by atoms with Crippen LogP contribution in [0.25, 0.3) is 0 Å². The predicted octanol–water partition coefficient (Wildman–Crippen LogP) is 2.28. The van der Waals surface area contributed by atoms with E-state index in [4.69, 9.17) is 11.1 Å². The van der Waals surface area contributed by atoms with Crippen molar-refractivity contribution in [2.24, 2.45) is 5.73 Å². The van der Waals surface area contributed by atoms with E-state index in [1.807, 2.05) is 31.2 Å². The Labute approximate surface area is 101 Å². The normalized spacial score (nSPS) is 10.3. The van der Waals surface area contributed by atoms with Crippen LogP contribution in [0.3, 0.4) is 0 Å². The van der Waals surface area contributed by atoms with Crippen LogP contribution >= 0.6 is 23.1 Å². The molecular formula is C10H10N4S2. The quantitative estimate of drug-likeness (QED) is 0.647. The smallest absolute Gasteiger partial charge is 0.179 e. The maximum absolute atomic E-state index is 7.28. The molecule has 0 saturated carbocycles. The molecule has 0 aliphatic heterocycles. The Kier molecular flexibility index (Phi) is 3.21. The minimum absolute atomic E-state index is 0.0864. The fourth-order valence-electron chi connectivity index (χ4n) is 1.12. The van der Waals surface area contributed by atoms with Crippen LogP contribution in [0.15, 0.2) is 33.5 Å². The van der Waals surface area contributed by atoms with E-state index in [0.29, 0.717) is 0 Å². The summed E-state index contributed by atoms with van der Waals surface area (Å²) in [7, 11) is 0. The lowest BCUT2D eigenvalue weighted by molar-refractivity contribution is 0.984. The van der Waals surface area contributed by atoms with E-state index in [-0.39, 0.29) is 5.84 Å². The summed E-state index contributed by atoms with van der Waals surface area (Å²) in [5, 5.41) is 16.2. The van der Waals surface area contributed by atoms with Crippen molar-refractivity contribution in [1.82, 2.24) is 10.2 Å². The van der Waals surface area contributed by atoms with Crippen LogP contribution in [-0.4, -0.2) is 16.0 Å². The number of amidine groups is 1. The second-order valence-corrected chi connectivity index (χ2v) is 5.63. The molecule has 0 spiro atoms. The van der Waals surface area contributed by atoms with Crippen LogP contribution in [0.5, 0.6) is 0 Å². The van der Waals surface area contributed by atoms with Gasteiger partial charge in [0, 0.05) is 10.5 Å². The molecule has 2 aromatic rings. The number of nitrogens with zero attached hydrogens (tertiary/aromatic N) is 2. The third-order valence-corrected chi connectivity index (χ3v) is 3.78. The van der Waals surface area contributed by atoms with Gasteiger partial charge < -0.3 is 5.73 Å². The van der Waals surface area contributed by atoms with Gasteiger partial charge in [-0.05, 0) is 19.1 Å². The summed E-state index contributed by atoms with van der Waals surface area (Å²) in [6.07, 6.45) is 0. The summed E-state index contributed by atoms with van der Waals surface area (Å²) in [6, 6.07) is 7.52. The highest BCUT2D eigenvalue weighted by Gasteiger charge is 2.03. The molecule has 16 heavy (non-hydrogen) atoms. The average Bonchev–Trinajstić information content (AvgIpc) is 2.65. The zero-order chi connectivity index (χ0) is 11.5. The molecule has 0 unspecified atom stereocenters. The maximum Gasteiger partial charge on any atom is 0.179 e. The molecule has 0 aliphatic carbocycles. The first-order chi connectivity index (χ1) is 7.65. The topological polar surface area (TPSA) is 75.7 Å². The minimum atomic E-state index is 0.0864. The first-order valence-corrected chi connectivity index (χ1v) is 6.21. The third kappa shape index (κ3) is 2.59. The summed E-state index contributed by atoms with van der Waals surface area (Å²) >= 11 is 3.13. The van der Waals surface area contributed by atoms with E-state index >= 15 is 0 Å². The summed E-state index contributed by atoms with van der Waals surface area (Å²) in [5.74, 6) is 0.0864. The van der Waals surface area contributed by atoms with Crippen LogP contribution in [0, 0.1) is 12.3 Å². The summed E-state index contributed by atoms with van der Waals surface area (Å²) in [5.41, 5.74) is 6.11.